The monoisotopic (exact) mass is 312 g/mol. The fourth-order valence-electron chi connectivity index (χ4n) is 1.26. The molecule has 5 nitrogen and oxygen atoms in total. The van der Waals surface area contributed by atoms with Gasteiger partial charge in [-0.2, -0.15) is 5.10 Å². The van der Waals surface area contributed by atoms with Crippen molar-refractivity contribution in [3.05, 3.63) is 24.3 Å². The summed E-state index contributed by atoms with van der Waals surface area (Å²) >= 11 is 5.66. The molecular formula is C13H13ClN2O3S. The van der Waals surface area contributed by atoms with E-state index in [1.165, 1.54) is 0 Å². The lowest BCUT2D eigenvalue weighted by Gasteiger charge is -2.07. The summed E-state index contributed by atoms with van der Waals surface area (Å²) in [5.74, 6) is 1.69. The molecule has 0 spiro atoms. The van der Waals surface area contributed by atoms with Gasteiger partial charge in [0.2, 0.25) is 5.17 Å². The summed E-state index contributed by atoms with van der Waals surface area (Å²) in [6.07, 6.45) is 5.14. The molecule has 1 rings (SSSR count). The highest BCUT2D eigenvalue weighted by atomic mass is 35.5. The van der Waals surface area contributed by atoms with E-state index in [2.05, 4.69) is 21.2 Å². The van der Waals surface area contributed by atoms with E-state index < -0.39 is 16.8 Å². The lowest BCUT2D eigenvalue weighted by atomic mass is 10.3. The van der Waals surface area contributed by atoms with E-state index in [0.29, 0.717) is 10.6 Å². The van der Waals surface area contributed by atoms with Crippen LogP contribution in [0.4, 0.5) is 5.69 Å². The fourth-order valence-corrected chi connectivity index (χ4v) is 2.25. The van der Waals surface area contributed by atoms with Crippen LogP contribution in [-0.2, 0) is 20.3 Å². The molecule has 1 aromatic carbocycles. The van der Waals surface area contributed by atoms with Crippen molar-refractivity contribution >= 4 is 39.2 Å². The predicted octanol–water partition coefficient (Wildman–Crippen LogP) is 1.95. The number of anilines is 1. The highest BCUT2D eigenvalue weighted by Crippen LogP contribution is 2.19. The van der Waals surface area contributed by atoms with Crippen molar-refractivity contribution in [3.8, 4) is 12.3 Å². The first-order chi connectivity index (χ1) is 9.60. The average molecular weight is 313 g/mol. The van der Waals surface area contributed by atoms with Crippen molar-refractivity contribution < 1.29 is 13.7 Å². The molecule has 0 amide bonds. The van der Waals surface area contributed by atoms with Gasteiger partial charge >= 0.3 is 5.97 Å². The highest BCUT2D eigenvalue weighted by Gasteiger charge is 2.11. The standard InChI is InChI=1S/C13H13ClN2O3S/c1-3-9-20(18)11-8-6-5-7-10(11)15-16-12(14)13(17)19-4-2/h1,5-8,15H,4,9H2,2H3/b16-12-. The Morgan fingerprint density at radius 1 is 1.55 bits per heavy atom. The van der Waals surface area contributed by atoms with Crippen LogP contribution in [0.3, 0.4) is 0 Å². The number of hydrogen-bond acceptors (Lipinski definition) is 5. The van der Waals surface area contributed by atoms with Gasteiger partial charge in [0.1, 0.15) is 0 Å². The van der Waals surface area contributed by atoms with E-state index in [-0.39, 0.29) is 17.5 Å². The molecule has 1 unspecified atom stereocenters. The molecule has 0 aliphatic rings. The van der Waals surface area contributed by atoms with E-state index in [1.54, 1.807) is 31.2 Å². The third-order valence-electron chi connectivity index (χ3n) is 2.07. The smallest absolute Gasteiger partial charge is 0.370 e. The maximum atomic E-state index is 11.9. The molecule has 0 fully saturated rings. The number of hydrazone groups is 1. The Morgan fingerprint density at radius 3 is 2.90 bits per heavy atom. The zero-order valence-corrected chi connectivity index (χ0v) is 12.3. The molecule has 0 saturated heterocycles. The predicted molar refractivity (Wildman–Crippen MR) is 80.1 cm³/mol. The first-order valence-electron chi connectivity index (χ1n) is 5.67. The Hall–Kier alpha value is -1.84. The molecule has 0 bridgehead atoms. The maximum Gasteiger partial charge on any atom is 0.370 e. The van der Waals surface area contributed by atoms with Gasteiger partial charge in [0.05, 0.1) is 33.7 Å². The molecule has 0 saturated carbocycles. The number of para-hydroxylation sites is 1. The molecule has 7 heteroatoms. The van der Waals surface area contributed by atoms with Gasteiger partial charge in [0.25, 0.3) is 0 Å². The number of esters is 1. The van der Waals surface area contributed by atoms with E-state index in [9.17, 15) is 9.00 Å². The van der Waals surface area contributed by atoms with Crippen LogP contribution in [0, 0.1) is 12.3 Å². The van der Waals surface area contributed by atoms with Crippen LogP contribution in [0.5, 0.6) is 0 Å². The third-order valence-corrected chi connectivity index (χ3v) is 3.58. The first kappa shape index (κ1) is 16.2. The van der Waals surface area contributed by atoms with Gasteiger partial charge < -0.3 is 4.74 Å². The molecule has 1 N–H and O–H groups in total. The summed E-state index contributed by atoms with van der Waals surface area (Å²) in [5.41, 5.74) is 3.05. The quantitative estimate of drug-likeness (QED) is 0.377. The summed E-state index contributed by atoms with van der Waals surface area (Å²) in [6.45, 7) is 1.86. The van der Waals surface area contributed by atoms with Crippen LogP contribution in [-0.4, -0.2) is 27.7 Å². The summed E-state index contributed by atoms with van der Waals surface area (Å²) < 4.78 is 16.6. The van der Waals surface area contributed by atoms with Gasteiger partial charge in [-0.15, -0.1) is 6.42 Å². The van der Waals surface area contributed by atoms with Gasteiger partial charge in [0.15, 0.2) is 0 Å². The Kier molecular flexibility index (Phi) is 6.77. The molecule has 20 heavy (non-hydrogen) atoms. The largest absolute Gasteiger partial charge is 0.461 e. The zero-order chi connectivity index (χ0) is 15.0. The molecule has 0 aliphatic heterocycles. The van der Waals surface area contributed by atoms with Gasteiger partial charge in [-0.1, -0.05) is 29.7 Å². The van der Waals surface area contributed by atoms with Crippen molar-refractivity contribution in [2.24, 2.45) is 5.10 Å². The number of halogens is 1. The third kappa shape index (κ3) is 4.68. The van der Waals surface area contributed by atoms with Gasteiger partial charge in [-0.3, -0.25) is 9.63 Å². The van der Waals surface area contributed by atoms with Crippen molar-refractivity contribution in [1.82, 2.24) is 0 Å². The number of carbonyl (C=O) groups excluding carboxylic acids is 1. The van der Waals surface area contributed by atoms with E-state index in [1.807, 2.05) is 0 Å². The normalized spacial score (nSPS) is 12.3. The van der Waals surface area contributed by atoms with E-state index in [4.69, 9.17) is 18.0 Å². The average Bonchev–Trinajstić information content (AvgIpc) is 2.45. The minimum Gasteiger partial charge on any atom is -0.461 e. The van der Waals surface area contributed by atoms with E-state index >= 15 is 0 Å². The summed E-state index contributed by atoms with van der Waals surface area (Å²) in [7, 11) is -1.35. The number of ether oxygens (including phenoxy) is 1. The number of terminal acetylenes is 1. The minimum atomic E-state index is -1.35. The van der Waals surface area contributed by atoms with Gasteiger partial charge in [0, 0.05) is 0 Å². The highest BCUT2D eigenvalue weighted by molar-refractivity contribution is 7.85. The van der Waals surface area contributed by atoms with Crippen LogP contribution < -0.4 is 5.43 Å². The van der Waals surface area contributed by atoms with Crippen LogP contribution >= 0.6 is 11.6 Å². The molecule has 0 radical (unpaired) electrons. The minimum absolute atomic E-state index is 0.0913. The molecule has 106 valence electrons. The van der Waals surface area contributed by atoms with Gasteiger partial charge in [-0.25, -0.2) is 4.79 Å². The Morgan fingerprint density at radius 2 is 2.25 bits per heavy atom. The summed E-state index contributed by atoms with van der Waals surface area (Å²) in [5, 5.41) is 3.34. The van der Waals surface area contributed by atoms with E-state index in [0.717, 1.165) is 0 Å². The van der Waals surface area contributed by atoms with Crippen LogP contribution in [0.2, 0.25) is 0 Å². The van der Waals surface area contributed by atoms with Crippen LogP contribution in [0.25, 0.3) is 0 Å². The molecule has 1 atom stereocenters. The van der Waals surface area contributed by atoms with Gasteiger partial charge in [-0.05, 0) is 19.1 Å². The number of nitrogens with zero attached hydrogens (tertiary/aromatic N) is 1. The molecule has 0 aliphatic carbocycles. The second-order valence-electron chi connectivity index (χ2n) is 3.43. The second-order valence-corrected chi connectivity index (χ2v) is 5.20. The lowest BCUT2D eigenvalue weighted by molar-refractivity contribution is -0.134. The number of carbonyl (C=O) groups is 1. The van der Waals surface area contributed by atoms with Crippen molar-refractivity contribution in [1.29, 1.82) is 0 Å². The Balaban J connectivity index is 2.88. The van der Waals surface area contributed by atoms with Crippen molar-refractivity contribution in [2.45, 2.75) is 11.8 Å². The van der Waals surface area contributed by atoms with Crippen LogP contribution in [0.1, 0.15) is 6.92 Å². The fraction of sp³-hybridized carbons (Fsp3) is 0.231. The Labute approximate surface area is 124 Å². The van der Waals surface area contributed by atoms with Crippen molar-refractivity contribution in [2.75, 3.05) is 17.8 Å². The summed E-state index contributed by atoms with van der Waals surface area (Å²) in [4.78, 5) is 11.8. The lowest BCUT2D eigenvalue weighted by Crippen LogP contribution is -2.13. The number of rotatable bonds is 6. The number of nitrogens with one attached hydrogen (secondary N) is 1. The zero-order valence-electron chi connectivity index (χ0n) is 10.8. The van der Waals surface area contributed by atoms with Crippen LogP contribution in [0.15, 0.2) is 34.3 Å². The molecule has 1 aromatic rings. The number of benzene rings is 1. The Bertz CT molecular complexity index is 581. The number of hydrogen-bond donors (Lipinski definition) is 1. The summed E-state index contributed by atoms with van der Waals surface area (Å²) in [6, 6.07) is 6.77. The topological polar surface area (TPSA) is 67.8 Å². The molecule has 0 heterocycles. The molecule has 0 aromatic heterocycles. The SMILES string of the molecule is C#CCS(=O)c1ccccc1N/N=C(\Cl)C(=O)OCC. The van der Waals surface area contributed by atoms with Crippen molar-refractivity contribution in [3.63, 3.8) is 0 Å². The molecular weight excluding hydrogens is 300 g/mol. The second kappa shape index (κ2) is 8.35. The first-order valence-corrected chi connectivity index (χ1v) is 7.37. The maximum absolute atomic E-state index is 11.9.